The van der Waals surface area contributed by atoms with Crippen molar-refractivity contribution in [3.8, 4) is 22.5 Å². The third-order valence-electron chi connectivity index (χ3n) is 7.94. The van der Waals surface area contributed by atoms with Crippen LogP contribution >= 0.6 is 0 Å². The smallest absolute Gasteiger partial charge is 0.120 e. The summed E-state index contributed by atoms with van der Waals surface area (Å²) >= 11 is 0. The number of hydrogen-bond donors (Lipinski definition) is 0. The van der Waals surface area contributed by atoms with Gasteiger partial charge in [-0.2, -0.15) is 0 Å². The van der Waals surface area contributed by atoms with E-state index < -0.39 is 26.4 Å². The molecule has 6 aromatic rings. The minimum Gasteiger partial charge on any atom is -0.501 e. The zero-order valence-corrected chi connectivity index (χ0v) is 26.4. The predicted octanol–water partition coefficient (Wildman–Crippen LogP) is 10.6. The first kappa shape index (κ1) is 20.4. The van der Waals surface area contributed by atoms with E-state index >= 15 is 0 Å². The molecule has 1 aliphatic rings. The zero-order chi connectivity index (χ0) is 37.7. The molecule has 0 N–H and O–H groups in total. The van der Waals surface area contributed by atoms with Crippen molar-refractivity contribution in [2.24, 2.45) is 5.41 Å². The van der Waals surface area contributed by atoms with E-state index in [-0.39, 0.29) is 42.2 Å². The molecule has 1 aliphatic carbocycles. The summed E-state index contributed by atoms with van der Waals surface area (Å²) in [4.78, 5) is 8.59. The van der Waals surface area contributed by atoms with Crippen LogP contribution in [0.1, 0.15) is 81.4 Å². The molecule has 0 unspecified atom stereocenters. The number of benzene rings is 3. The number of furan rings is 1. The van der Waals surface area contributed by atoms with Gasteiger partial charge in [0.15, 0.2) is 0 Å². The molecule has 0 atom stereocenters. The Kier molecular flexibility index (Phi) is 6.14. The Hall–Kier alpha value is -3.59. The van der Waals surface area contributed by atoms with Crippen LogP contribution in [0.15, 0.2) is 89.6 Å². The van der Waals surface area contributed by atoms with Gasteiger partial charge in [-0.3, -0.25) is 0 Å². The Morgan fingerprint density at radius 2 is 1.65 bits per heavy atom. The third kappa shape index (κ3) is 6.82. The molecule has 0 bridgehead atoms. The van der Waals surface area contributed by atoms with E-state index in [1.165, 1.54) is 30.6 Å². The van der Waals surface area contributed by atoms with E-state index in [1.807, 2.05) is 36.4 Å². The first-order chi connectivity index (χ1) is 24.3. The zero-order valence-electron chi connectivity index (χ0n) is 34.0. The molecule has 7 rings (SSSR count). The molecule has 1 saturated carbocycles. The van der Waals surface area contributed by atoms with Crippen molar-refractivity contribution < 1.29 is 38.2 Å². The SMILES string of the molecule is [2H]C([2H])([2H])c1c[c-]c(-c2ccc(C([2H])([2H])[2H])cn2)cc1.[2H]C([2H])([2H])c1cnc(-c2[c-]ccc3c2oc2ccccc23)cc1C1([2H])CCC(C)(C)CC1.[Ir]. The summed E-state index contributed by atoms with van der Waals surface area (Å²) < 4.78 is 83.2. The maximum Gasteiger partial charge on any atom is 0.120 e. The monoisotopic (exact) mass is 753 g/mol. The van der Waals surface area contributed by atoms with Crippen molar-refractivity contribution in [1.82, 2.24) is 9.97 Å². The van der Waals surface area contributed by atoms with Crippen molar-refractivity contribution in [2.75, 3.05) is 0 Å². The summed E-state index contributed by atoms with van der Waals surface area (Å²) in [5, 5.41) is 1.99. The molecule has 3 aromatic carbocycles. The Balaban J connectivity index is 0.000000223. The molecule has 3 nitrogen and oxygen atoms in total. The van der Waals surface area contributed by atoms with Gasteiger partial charge in [0, 0.05) is 51.6 Å². The maximum absolute atomic E-state index is 9.26. The molecular weight excluding hydrogens is 705 g/mol. The van der Waals surface area contributed by atoms with Crippen LogP contribution in [0.25, 0.3) is 44.5 Å². The molecule has 43 heavy (non-hydrogen) atoms. The predicted molar refractivity (Wildman–Crippen MR) is 173 cm³/mol. The van der Waals surface area contributed by atoms with Crippen molar-refractivity contribution in [3.05, 3.63) is 120 Å². The molecule has 1 fully saturated rings. The molecule has 1 radical (unpaired) electrons. The van der Waals surface area contributed by atoms with Gasteiger partial charge in [0.05, 0.1) is 5.58 Å². The van der Waals surface area contributed by atoms with Gasteiger partial charge >= 0.3 is 0 Å². The van der Waals surface area contributed by atoms with Crippen LogP contribution in [0, 0.1) is 38.1 Å². The molecule has 0 aliphatic heterocycles. The summed E-state index contributed by atoms with van der Waals surface area (Å²) in [7, 11) is 0. The van der Waals surface area contributed by atoms with E-state index in [0.717, 1.165) is 29.2 Å². The molecule has 0 amide bonds. The molecule has 3 aromatic heterocycles. The first-order valence-corrected chi connectivity index (χ1v) is 14.1. The van der Waals surface area contributed by atoms with E-state index in [1.54, 1.807) is 18.2 Å². The minimum atomic E-state index is -2.32. The van der Waals surface area contributed by atoms with E-state index in [9.17, 15) is 1.37 Å². The average Bonchev–Trinajstić information content (AvgIpc) is 3.48. The van der Waals surface area contributed by atoms with Crippen LogP contribution in [0.2, 0.25) is 0 Å². The fourth-order valence-corrected chi connectivity index (χ4v) is 5.40. The topological polar surface area (TPSA) is 38.9 Å². The van der Waals surface area contributed by atoms with Crippen LogP contribution < -0.4 is 0 Å². The summed E-state index contributed by atoms with van der Waals surface area (Å²) in [6.45, 7) is -2.23. The Morgan fingerprint density at radius 1 is 0.860 bits per heavy atom. The second-order valence-electron chi connectivity index (χ2n) is 11.5. The van der Waals surface area contributed by atoms with Gasteiger partial charge in [-0.05, 0) is 84.8 Å². The second-order valence-corrected chi connectivity index (χ2v) is 11.5. The summed E-state index contributed by atoms with van der Waals surface area (Å²) in [5.41, 5.74) is 5.20. The number of aryl methyl sites for hydroxylation is 3. The number of rotatable bonds is 3. The van der Waals surface area contributed by atoms with Crippen molar-refractivity contribution in [3.63, 3.8) is 0 Å². The van der Waals surface area contributed by atoms with Crippen molar-refractivity contribution in [1.29, 1.82) is 0 Å². The number of pyridine rings is 2. The summed E-state index contributed by atoms with van der Waals surface area (Å²) in [6.07, 6.45) is 5.77. The molecule has 221 valence electrons. The van der Waals surface area contributed by atoms with Crippen molar-refractivity contribution >= 4 is 21.9 Å². The first-order valence-electron chi connectivity index (χ1n) is 19.1. The van der Waals surface area contributed by atoms with Crippen LogP contribution in [0.5, 0.6) is 0 Å². The number of nitrogens with zero attached hydrogens (tertiary/aromatic N) is 2. The second kappa shape index (κ2) is 13.0. The van der Waals surface area contributed by atoms with E-state index in [0.29, 0.717) is 46.5 Å². The van der Waals surface area contributed by atoms with Gasteiger partial charge in [-0.25, -0.2) is 0 Å². The normalized spacial score (nSPS) is 19.7. The van der Waals surface area contributed by atoms with E-state index in [4.69, 9.17) is 16.8 Å². The Bertz CT molecular complexity index is 2140. The van der Waals surface area contributed by atoms with Gasteiger partial charge in [0.1, 0.15) is 5.58 Å². The number of para-hydroxylation sites is 1. The Morgan fingerprint density at radius 3 is 2.37 bits per heavy atom. The van der Waals surface area contributed by atoms with Gasteiger partial charge < -0.3 is 14.4 Å². The van der Waals surface area contributed by atoms with Crippen molar-refractivity contribution in [2.45, 2.75) is 66.0 Å². The fourth-order valence-electron chi connectivity index (χ4n) is 5.40. The minimum absolute atomic E-state index is 0. The largest absolute Gasteiger partial charge is 0.501 e. The van der Waals surface area contributed by atoms with E-state index in [2.05, 4.69) is 35.9 Å². The standard InChI is InChI=1S/C26H26NO.C13H12N.Ir/c1-17-16-27-23(15-22(17)18-11-13-26(2,3)14-12-18)21-9-6-8-20-19-7-4-5-10-24(19)28-25(20)21;1-10-3-6-12(7-4-10)13-8-5-11(2)9-14-13;/h4-8,10,15-16,18H,11-14H2,1-3H3;3-6,8-9H,1-2H3;/q2*-1;/i1D3,18D;1D3,2D3;. The molecule has 4 heteroatoms. The number of hydrogen-bond acceptors (Lipinski definition) is 3. The van der Waals surface area contributed by atoms with Crippen LogP contribution in [-0.4, -0.2) is 9.97 Å². The quantitative estimate of drug-likeness (QED) is 0.169. The van der Waals surface area contributed by atoms with Crippen LogP contribution in [-0.2, 0) is 20.1 Å². The Labute approximate surface area is 283 Å². The third-order valence-corrected chi connectivity index (χ3v) is 7.94. The molecule has 3 heterocycles. The van der Waals surface area contributed by atoms with Gasteiger partial charge in [-0.15, -0.1) is 53.6 Å². The molecule has 0 saturated heterocycles. The number of fused-ring (bicyclic) bond motifs is 3. The van der Waals surface area contributed by atoms with Gasteiger partial charge in [0.2, 0.25) is 0 Å². The summed E-state index contributed by atoms with van der Waals surface area (Å²) in [6, 6.07) is 27.2. The van der Waals surface area contributed by atoms with Gasteiger partial charge in [0.25, 0.3) is 0 Å². The maximum atomic E-state index is 9.26. The summed E-state index contributed by atoms with van der Waals surface area (Å²) in [5.74, 6) is -0.946. The van der Waals surface area contributed by atoms with Crippen LogP contribution in [0.3, 0.4) is 0 Å². The van der Waals surface area contributed by atoms with Crippen LogP contribution in [0.4, 0.5) is 0 Å². The molecule has 0 spiro atoms. The fraction of sp³-hybridized carbons (Fsp3) is 0.282. The average molecular weight is 753 g/mol. The number of aromatic nitrogens is 2. The van der Waals surface area contributed by atoms with Gasteiger partial charge in [-0.1, -0.05) is 68.0 Å². The molecular formula is C39H38IrN2O-2.